The molecule has 4 aliphatic rings. The Hall–Kier alpha value is -8.74. The summed E-state index contributed by atoms with van der Waals surface area (Å²) < 4.78 is 24.3. The number of nitrogens with zero attached hydrogens (tertiary/aromatic N) is 3. The van der Waals surface area contributed by atoms with Gasteiger partial charge in [-0.05, 0) is 95.6 Å². The maximum absolute atomic E-state index is 14.1. The van der Waals surface area contributed by atoms with E-state index in [1.807, 2.05) is 59.5 Å². The summed E-state index contributed by atoms with van der Waals surface area (Å²) in [6.45, 7) is -1.32. The first-order chi connectivity index (χ1) is 35.4. The minimum atomic E-state index is -0.654. The van der Waals surface area contributed by atoms with Crippen molar-refractivity contribution in [3.63, 3.8) is 0 Å². The van der Waals surface area contributed by atoms with Gasteiger partial charge in [0.05, 0.1) is 51.1 Å². The number of methoxy groups -OCH3 is 2. The quantitative estimate of drug-likeness (QED) is 0.0821. The number of fused-ring (bicyclic) bond motifs is 8. The third-order valence-electron chi connectivity index (χ3n) is 13.1. The molecule has 0 unspecified atom stereocenters. The summed E-state index contributed by atoms with van der Waals surface area (Å²) in [4.78, 5) is 98.0. The molecule has 19 heteroatoms. The lowest BCUT2D eigenvalue weighted by Crippen LogP contribution is -2.43. The van der Waals surface area contributed by atoms with Gasteiger partial charge in [0.15, 0.2) is 23.0 Å². The van der Waals surface area contributed by atoms with Crippen molar-refractivity contribution in [1.29, 1.82) is 0 Å². The van der Waals surface area contributed by atoms with E-state index in [2.05, 4.69) is 32.7 Å². The van der Waals surface area contributed by atoms with E-state index in [-0.39, 0.29) is 55.9 Å². The highest BCUT2D eigenvalue weighted by Crippen LogP contribution is 2.43. The van der Waals surface area contributed by atoms with Crippen LogP contribution in [-0.4, -0.2) is 101 Å². The standard InChI is InChI=1S/C54H54N8O11/c1-55-48(63)14-15-49(64)57-26-50(65)58-27-51(66)59-28-52(67)60-36-17-31(29-72-46-21-33-12-13-37-19-34-8-4-6-10-42(34)61(37)53(68)39(33)22-44(46)70-2)16-32(18-36)30-73-47-24-41-40(23-45(47)71-3)54(69)62-38(25-56-41)20-35-9-5-7-11-43(35)62/h4-11,16-18,21-25,37-38H,12-15,19-20,26-30H2,1-3H3,(H,55,63)(H,57,64)(H,58,65)(H,59,66)(H,60,67)/t37-,38+/m1/s1. The van der Waals surface area contributed by atoms with Crippen LogP contribution in [0.15, 0.2) is 96.0 Å². The normalized spacial score (nSPS) is 15.7. The number of nitrogens with one attached hydrogen (secondary N) is 5. The molecule has 0 saturated carbocycles. The number of aliphatic imine (C=N–C) groups is 1. The first-order valence-electron chi connectivity index (χ1n) is 23.9. The third kappa shape index (κ3) is 10.9. The van der Waals surface area contributed by atoms with Gasteiger partial charge in [-0.15, -0.1) is 0 Å². The Morgan fingerprint density at radius 3 is 1.82 bits per heavy atom. The van der Waals surface area contributed by atoms with Crippen LogP contribution in [0.25, 0.3) is 0 Å². The number of aryl methyl sites for hydroxylation is 1. The number of anilines is 3. The van der Waals surface area contributed by atoms with E-state index in [0.717, 1.165) is 40.9 Å². The van der Waals surface area contributed by atoms with Gasteiger partial charge in [0, 0.05) is 67.3 Å². The van der Waals surface area contributed by atoms with Gasteiger partial charge in [-0.25, -0.2) is 0 Å². The van der Waals surface area contributed by atoms with Crippen LogP contribution in [0.1, 0.15) is 67.8 Å². The monoisotopic (exact) mass is 990 g/mol. The minimum Gasteiger partial charge on any atom is -0.493 e. The van der Waals surface area contributed by atoms with E-state index < -0.39 is 43.3 Å². The van der Waals surface area contributed by atoms with Crippen molar-refractivity contribution in [2.75, 3.05) is 56.0 Å². The van der Waals surface area contributed by atoms with Gasteiger partial charge in [0.25, 0.3) is 11.8 Å². The lowest BCUT2D eigenvalue weighted by Gasteiger charge is -2.23. The summed E-state index contributed by atoms with van der Waals surface area (Å²) >= 11 is 0. The Kier molecular flexibility index (Phi) is 14.7. The van der Waals surface area contributed by atoms with Crippen LogP contribution in [0, 0.1) is 0 Å². The molecule has 5 N–H and O–H groups in total. The molecule has 2 atom stereocenters. The average Bonchev–Trinajstić information content (AvgIpc) is 3.90. The molecule has 0 radical (unpaired) electrons. The number of ether oxygens (including phenoxy) is 4. The van der Waals surface area contributed by atoms with Gasteiger partial charge < -0.3 is 50.4 Å². The second-order valence-electron chi connectivity index (χ2n) is 17.9. The second-order valence-corrected chi connectivity index (χ2v) is 17.9. The van der Waals surface area contributed by atoms with Crippen molar-refractivity contribution in [3.8, 4) is 23.0 Å². The van der Waals surface area contributed by atoms with E-state index in [9.17, 15) is 33.6 Å². The van der Waals surface area contributed by atoms with Gasteiger partial charge >= 0.3 is 0 Å². The third-order valence-corrected chi connectivity index (χ3v) is 13.1. The van der Waals surface area contributed by atoms with Crippen molar-refractivity contribution < 1.29 is 52.5 Å². The van der Waals surface area contributed by atoms with E-state index in [1.165, 1.54) is 21.3 Å². The van der Waals surface area contributed by atoms with E-state index >= 15 is 0 Å². The van der Waals surface area contributed by atoms with Crippen LogP contribution < -0.4 is 55.3 Å². The number of hydrogen-bond acceptors (Lipinski definition) is 12. The molecule has 5 aromatic rings. The van der Waals surface area contributed by atoms with Gasteiger partial charge in [-0.1, -0.05) is 36.4 Å². The van der Waals surface area contributed by atoms with Crippen LogP contribution in [-0.2, 0) is 56.4 Å². The maximum Gasteiger partial charge on any atom is 0.261 e. The number of benzene rings is 5. The van der Waals surface area contributed by atoms with E-state index in [1.54, 1.807) is 41.4 Å². The lowest BCUT2D eigenvalue weighted by molar-refractivity contribution is -0.129. The predicted octanol–water partition coefficient (Wildman–Crippen LogP) is 4.48. The lowest BCUT2D eigenvalue weighted by atomic mass is 9.99. The van der Waals surface area contributed by atoms with Crippen LogP contribution in [0.2, 0.25) is 0 Å². The molecule has 0 saturated heterocycles. The Bertz CT molecular complexity index is 3070. The Morgan fingerprint density at radius 1 is 0.603 bits per heavy atom. The number of carbonyl (C=O) groups excluding carboxylic acids is 7. The molecule has 9 rings (SSSR count). The molecule has 0 aromatic heterocycles. The molecular weight excluding hydrogens is 937 g/mol. The van der Waals surface area contributed by atoms with Crippen LogP contribution >= 0.6 is 0 Å². The van der Waals surface area contributed by atoms with E-state index in [0.29, 0.717) is 69.5 Å². The zero-order valence-corrected chi connectivity index (χ0v) is 40.5. The highest BCUT2D eigenvalue weighted by molar-refractivity contribution is 6.15. The van der Waals surface area contributed by atoms with Crippen molar-refractivity contribution in [1.82, 2.24) is 21.3 Å². The number of rotatable bonds is 18. The van der Waals surface area contributed by atoms with Crippen LogP contribution in [0.4, 0.5) is 22.7 Å². The van der Waals surface area contributed by atoms with E-state index in [4.69, 9.17) is 23.9 Å². The molecule has 4 aliphatic heterocycles. The highest BCUT2D eigenvalue weighted by atomic mass is 16.5. The van der Waals surface area contributed by atoms with Gasteiger partial charge in [0.1, 0.15) is 13.2 Å². The molecular formula is C54H54N8O11. The molecule has 0 fully saturated rings. The fourth-order valence-corrected chi connectivity index (χ4v) is 9.52. The summed E-state index contributed by atoms with van der Waals surface area (Å²) in [5, 5.41) is 12.5. The molecule has 4 heterocycles. The zero-order chi connectivity index (χ0) is 51.2. The number of hydrogen-bond donors (Lipinski definition) is 5. The maximum atomic E-state index is 14.1. The number of carbonyl (C=O) groups is 7. The van der Waals surface area contributed by atoms with Gasteiger partial charge in [-0.2, -0.15) is 0 Å². The summed E-state index contributed by atoms with van der Waals surface area (Å²) in [6, 6.07) is 27.7. The summed E-state index contributed by atoms with van der Waals surface area (Å²) in [7, 11) is 4.45. The van der Waals surface area contributed by atoms with Crippen molar-refractivity contribution in [2.45, 2.75) is 63.8 Å². The average molecular weight is 991 g/mol. The molecule has 73 heavy (non-hydrogen) atoms. The molecule has 7 amide bonds. The molecule has 5 aromatic carbocycles. The molecule has 0 aliphatic carbocycles. The fraction of sp³-hybridized carbons (Fsp3) is 0.296. The Balaban J connectivity index is 0.901. The van der Waals surface area contributed by atoms with Gasteiger partial charge in [-0.3, -0.25) is 43.5 Å². The van der Waals surface area contributed by atoms with Crippen molar-refractivity contribution in [3.05, 3.63) is 130 Å². The van der Waals surface area contributed by atoms with Gasteiger partial charge in [0.2, 0.25) is 29.5 Å². The van der Waals surface area contributed by atoms with Crippen molar-refractivity contribution >= 4 is 70.3 Å². The zero-order valence-electron chi connectivity index (χ0n) is 40.5. The first kappa shape index (κ1) is 49.2. The topological polar surface area (TPSA) is 235 Å². The predicted molar refractivity (Wildman–Crippen MR) is 270 cm³/mol. The molecule has 376 valence electrons. The molecule has 0 bridgehead atoms. The van der Waals surface area contributed by atoms with Crippen LogP contribution in [0.3, 0.4) is 0 Å². The summed E-state index contributed by atoms with van der Waals surface area (Å²) in [6.07, 6.45) is 4.49. The SMILES string of the molecule is CNC(=O)CCC(=O)NCC(=O)NCC(=O)NCC(=O)Nc1cc(COc2cc3c(cc2OC)C(=O)N2c4ccccc4C[C@H]2CC3)cc(COc2cc3c(cc2OC)C(=O)N2c4ccccc4C[C@H]2C=N3)c1. The number of para-hydroxylation sites is 2. The summed E-state index contributed by atoms with van der Waals surface area (Å²) in [5.74, 6) is -1.54. The highest BCUT2D eigenvalue weighted by Gasteiger charge is 2.39. The second kappa shape index (κ2) is 21.7. The minimum absolute atomic E-state index is 0.00662. The number of amides is 7. The fourth-order valence-electron chi connectivity index (χ4n) is 9.52. The Morgan fingerprint density at radius 2 is 1.16 bits per heavy atom. The molecule has 0 spiro atoms. The van der Waals surface area contributed by atoms with Crippen LogP contribution in [0.5, 0.6) is 23.0 Å². The summed E-state index contributed by atoms with van der Waals surface area (Å²) in [5.41, 5.74) is 7.75. The van der Waals surface area contributed by atoms with Crippen molar-refractivity contribution in [2.24, 2.45) is 4.99 Å². The smallest absolute Gasteiger partial charge is 0.261 e. The largest absolute Gasteiger partial charge is 0.493 e. The Labute approximate surface area is 420 Å². The molecule has 19 nitrogen and oxygen atoms in total. The first-order valence-corrected chi connectivity index (χ1v) is 23.9.